The first kappa shape index (κ1) is 31.8. The van der Waals surface area contributed by atoms with E-state index in [1.807, 2.05) is 27.0 Å². The van der Waals surface area contributed by atoms with Gasteiger partial charge in [0.2, 0.25) is 11.8 Å². The Bertz CT molecular complexity index is 589. The molecule has 0 aliphatic heterocycles. The highest BCUT2D eigenvalue weighted by Gasteiger charge is 2.19. The largest absolute Gasteiger partial charge is 0.359 e. The molecule has 0 atom stereocenters. The zero-order chi connectivity index (χ0) is 23.0. The first-order valence-electron chi connectivity index (χ1n) is 9.76. The van der Waals surface area contributed by atoms with Gasteiger partial charge in [-0.25, -0.2) is 4.98 Å². The molecule has 0 unspecified atom stereocenters. The van der Waals surface area contributed by atoms with Crippen LogP contribution in [0, 0.1) is 10.8 Å². The molecule has 0 aliphatic carbocycles. The first-order chi connectivity index (χ1) is 12.2. The van der Waals surface area contributed by atoms with E-state index in [2.05, 4.69) is 41.4 Å². The quantitative estimate of drug-likeness (QED) is 0.558. The van der Waals surface area contributed by atoms with Crippen molar-refractivity contribution < 1.29 is 12.3 Å². The number of nitrogens with one attached hydrogen (secondary N) is 3. The number of nitrogens with zero attached hydrogens (tertiary/aromatic N) is 1. The van der Waals surface area contributed by atoms with Gasteiger partial charge in [-0.1, -0.05) is 84.6 Å². The van der Waals surface area contributed by atoms with Crippen molar-refractivity contribution in [3.63, 3.8) is 0 Å². The van der Waals surface area contributed by atoms with Crippen LogP contribution in [0.25, 0.3) is 0 Å². The van der Waals surface area contributed by atoms with Gasteiger partial charge in [0.1, 0.15) is 5.82 Å². The van der Waals surface area contributed by atoms with Gasteiger partial charge in [0, 0.05) is 44.9 Å². The topological polar surface area (TPSA) is 86.9 Å². The number of rotatable bonds is 1. The van der Waals surface area contributed by atoms with E-state index in [9.17, 15) is 9.59 Å². The maximum absolute atomic E-state index is 11.1. The van der Waals surface area contributed by atoms with E-state index in [4.69, 9.17) is 2.74 Å². The Morgan fingerprint density at radius 1 is 0.966 bits per heavy atom. The SMILES string of the molecule is C.C.C.CC(C)(C)c1ncc[nH]1.CNC(=O)C(C)(C)C.[2H]C([2H])(C)NC(=O)C(C)(C)C. The zero-order valence-electron chi connectivity index (χ0n) is 20.4. The lowest BCUT2D eigenvalue weighted by Gasteiger charge is -2.16. The van der Waals surface area contributed by atoms with E-state index in [0.717, 1.165) is 5.82 Å². The summed E-state index contributed by atoms with van der Waals surface area (Å²) in [4.78, 5) is 29.0. The third-order valence-electron chi connectivity index (χ3n) is 3.04. The van der Waals surface area contributed by atoms with Crippen molar-refractivity contribution >= 4 is 11.8 Å². The summed E-state index contributed by atoms with van der Waals surface area (Å²) in [6.07, 6.45) is 3.63. The molecule has 2 amide bonds. The number of imidazole rings is 1. The van der Waals surface area contributed by atoms with Crippen LogP contribution in [-0.4, -0.2) is 35.3 Å². The second-order valence-electron chi connectivity index (χ2n) is 8.97. The van der Waals surface area contributed by atoms with Gasteiger partial charge in [-0.3, -0.25) is 9.59 Å². The molecule has 6 nitrogen and oxygen atoms in total. The van der Waals surface area contributed by atoms with E-state index >= 15 is 0 Å². The van der Waals surface area contributed by atoms with E-state index in [-0.39, 0.29) is 44.9 Å². The molecule has 0 fully saturated rings. The summed E-state index contributed by atoms with van der Waals surface area (Å²) >= 11 is 0. The number of amides is 2. The van der Waals surface area contributed by atoms with Crippen LogP contribution in [0.2, 0.25) is 0 Å². The number of carbonyl (C=O) groups is 2. The van der Waals surface area contributed by atoms with E-state index in [1.54, 1.807) is 34.0 Å². The minimum Gasteiger partial charge on any atom is -0.359 e. The second kappa shape index (κ2) is 16.0. The standard InChI is InChI=1S/C7H12N2.C7H15NO.C6H13NO.3CH4/c1-7(2,3)6-8-4-5-9-6;1-5-8-6(9)7(2,3)4;1-6(2,3)5(8)7-4;;;/h4-5H,1-3H3,(H,8,9);5H2,1-4H3,(H,8,9);1-4H3,(H,7,8);3*1H4/i;5D2;;;;. The lowest BCUT2D eigenvalue weighted by molar-refractivity contribution is -0.128. The Labute approximate surface area is 184 Å². The van der Waals surface area contributed by atoms with Crippen LogP contribution in [0.4, 0.5) is 0 Å². The molecular weight excluding hydrogens is 364 g/mol. The van der Waals surface area contributed by atoms with Crippen molar-refractivity contribution in [2.24, 2.45) is 10.8 Å². The molecule has 1 aromatic rings. The molecule has 1 heterocycles. The third-order valence-corrected chi connectivity index (χ3v) is 3.04. The molecule has 0 aliphatic rings. The van der Waals surface area contributed by atoms with Crippen molar-refractivity contribution in [2.45, 2.75) is 96.9 Å². The Morgan fingerprint density at radius 2 is 1.38 bits per heavy atom. The van der Waals surface area contributed by atoms with Gasteiger partial charge in [-0.2, -0.15) is 0 Å². The minimum atomic E-state index is -1.62. The van der Waals surface area contributed by atoms with Gasteiger partial charge < -0.3 is 15.6 Å². The lowest BCUT2D eigenvalue weighted by Crippen LogP contribution is -2.34. The summed E-state index contributed by atoms with van der Waals surface area (Å²) in [5.74, 6) is 0.852. The Morgan fingerprint density at radius 3 is 1.48 bits per heavy atom. The predicted molar refractivity (Wildman–Crippen MR) is 129 cm³/mol. The van der Waals surface area contributed by atoms with E-state index in [0.29, 0.717) is 0 Å². The van der Waals surface area contributed by atoms with Crippen molar-refractivity contribution in [2.75, 3.05) is 13.5 Å². The Balaban J connectivity index is -0.000000105. The Kier molecular flexibility index (Phi) is 17.6. The van der Waals surface area contributed by atoms with Gasteiger partial charge in [0.25, 0.3) is 0 Å². The van der Waals surface area contributed by atoms with Gasteiger partial charge >= 0.3 is 0 Å². The summed E-state index contributed by atoms with van der Waals surface area (Å²) in [5, 5.41) is 4.82. The number of hydrogen-bond acceptors (Lipinski definition) is 3. The average Bonchev–Trinajstić information content (AvgIpc) is 2.98. The van der Waals surface area contributed by atoms with Gasteiger partial charge in [0.15, 0.2) is 0 Å². The highest BCUT2D eigenvalue weighted by Crippen LogP contribution is 2.16. The summed E-state index contributed by atoms with van der Waals surface area (Å²) < 4.78 is 14.2. The van der Waals surface area contributed by atoms with Crippen molar-refractivity contribution in [1.82, 2.24) is 20.6 Å². The molecule has 6 heteroatoms. The molecule has 0 bridgehead atoms. The van der Waals surface area contributed by atoms with Crippen LogP contribution < -0.4 is 10.6 Å². The number of carbonyl (C=O) groups excluding carboxylic acids is 2. The normalized spacial score (nSPS) is 11.7. The predicted octanol–water partition coefficient (Wildman–Crippen LogP) is 5.56. The number of aromatic amines is 1. The van der Waals surface area contributed by atoms with Crippen molar-refractivity contribution in [3.8, 4) is 0 Å². The summed E-state index contributed by atoms with van der Waals surface area (Å²) in [6.45, 7) is 17.0. The van der Waals surface area contributed by atoms with Crippen LogP contribution in [0.15, 0.2) is 12.4 Å². The molecule has 0 radical (unpaired) electrons. The summed E-state index contributed by atoms with van der Waals surface area (Å²) in [6, 6.07) is 0. The van der Waals surface area contributed by atoms with Crippen LogP contribution in [0.1, 0.15) is 100 Å². The molecule has 176 valence electrons. The fourth-order valence-electron chi connectivity index (χ4n) is 1.35. The highest BCUT2D eigenvalue weighted by molar-refractivity contribution is 5.81. The molecular formula is C23H52N4O2. The van der Waals surface area contributed by atoms with Gasteiger partial charge in [-0.15, -0.1) is 0 Å². The van der Waals surface area contributed by atoms with E-state index < -0.39 is 11.9 Å². The second-order valence-corrected chi connectivity index (χ2v) is 8.97. The monoisotopic (exact) mass is 418 g/mol. The van der Waals surface area contributed by atoms with Gasteiger partial charge in [0.05, 0.1) is 0 Å². The van der Waals surface area contributed by atoms with Crippen LogP contribution >= 0.6 is 0 Å². The first-order valence-corrected chi connectivity index (χ1v) is 8.76. The maximum Gasteiger partial charge on any atom is 0.225 e. The fourth-order valence-corrected chi connectivity index (χ4v) is 1.35. The van der Waals surface area contributed by atoms with Crippen LogP contribution in [0.3, 0.4) is 0 Å². The average molecular weight is 419 g/mol. The number of hydrogen-bond donors (Lipinski definition) is 3. The lowest BCUT2D eigenvalue weighted by atomic mass is 9.96. The number of aromatic nitrogens is 2. The number of H-pyrrole nitrogens is 1. The molecule has 3 N–H and O–H groups in total. The summed E-state index contributed by atoms with van der Waals surface area (Å²) in [5.41, 5.74) is -0.610. The maximum atomic E-state index is 11.1. The molecule has 0 aromatic carbocycles. The highest BCUT2D eigenvalue weighted by atomic mass is 16.2. The van der Waals surface area contributed by atoms with E-state index in [1.165, 1.54) is 6.92 Å². The smallest absolute Gasteiger partial charge is 0.225 e. The van der Waals surface area contributed by atoms with Crippen molar-refractivity contribution in [3.05, 3.63) is 18.2 Å². The fraction of sp³-hybridized carbons (Fsp3) is 0.783. The third kappa shape index (κ3) is 19.2. The molecule has 0 saturated carbocycles. The van der Waals surface area contributed by atoms with Crippen molar-refractivity contribution in [1.29, 1.82) is 0 Å². The Hall–Kier alpha value is -1.85. The van der Waals surface area contributed by atoms with Gasteiger partial charge in [-0.05, 0) is 6.92 Å². The molecule has 29 heavy (non-hydrogen) atoms. The molecule has 0 saturated heterocycles. The van der Waals surface area contributed by atoms with Crippen LogP contribution in [0.5, 0.6) is 0 Å². The van der Waals surface area contributed by atoms with Crippen LogP contribution in [-0.2, 0) is 15.0 Å². The molecule has 0 spiro atoms. The zero-order valence-corrected chi connectivity index (χ0v) is 18.4. The summed E-state index contributed by atoms with van der Waals surface area (Å²) in [7, 11) is 1.65. The minimum absolute atomic E-state index is 0. The molecule has 1 rings (SSSR count). The molecule has 1 aromatic heterocycles.